The van der Waals surface area contributed by atoms with Crippen LogP contribution in [0.1, 0.15) is 32.3 Å². The first kappa shape index (κ1) is 15.8. The van der Waals surface area contributed by atoms with Crippen LogP contribution in [0.3, 0.4) is 0 Å². The summed E-state index contributed by atoms with van der Waals surface area (Å²) in [5, 5.41) is 6.29. The Morgan fingerprint density at radius 3 is 2.62 bits per heavy atom. The molecule has 0 bridgehead atoms. The van der Waals surface area contributed by atoms with Crippen molar-refractivity contribution in [2.45, 2.75) is 33.3 Å². The van der Waals surface area contributed by atoms with Crippen LogP contribution >= 0.6 is 0 Å². The molecule has 0 atom stereocenters. The number of amides is 1. The van der Waals surface area contributed by atoms with Crippen molar-refractivity contribution < 1.29 is 9.53 Å². The highest BCUT2D eigenvalue weighted by molar-refractivity contribution is 5.67. The van der Waals surface area contributed by atoms with Crippen LogP contribution in [0.4, 0.5) is 4.79 Å². The van der Waals surface area contributed by atoms with Gasteiger partial charge >= 0.3 is 6.09 Å². The van der Waals surface area contributed by atoms with Crippen molar-refractivity contribution in [3.8, 4) is 0 Å². The number of ether oxygens (including phenoxy) is 1. The summed E-state index contributed by atoms with van der Waals surface area (Å²) in [7, 11) is 0. The third-order valence-corrected chi connectivity index (χ3v) is 4.35. The minimum Gasteiger partial charge on any atom is -0.445 e. The lowest BCUT2D eigenvalue weighted by Crippen LogP contribution is -2.42. The lowest BCUT2D eigenvalue weighted by atomic mass is 9.74. The number of alkyl carbamates (subject to hydrolysis) is 1. The summed E-state index contributed by atoms with van der Waals surface area (Å²) < 4.78 is 5.25. The quantitative estimate of drug-likeness (QED) is 0.876. The first-order valence-corrected chi connectivity index (χ1v) is 7.73. The zero-order valence-electron chi connectivity index (χ0n) is 13.0. The number of hydrogen-bond acceptors (Lipinski definition) is 3. The number of carbonyl (C=O) groups excluding carboxylic acids is 1. The standard InChI is InChI=1S/C17H26N2O2/c1-17(2,15-8-10-18-11-9-15)13-19-16(20)21-12-14-6-4-3-5-7-14/h3-7,15,18H,8-13H2,1-2H3,(H,19,20). The molecule has 21 heavy (non-hydrogen) atoms. The van der Waals surface area contributed by atoms with Crippen LogP contribution in [0.25, 0.3) is 0 Å². The van der Waals surface area contributed by atoms with Gasteiger partial charge in [0.15, 0.2) is 0 Å². The summed E-state index contributed by atoms with van der Waals surface area (Å²) in [4.78, 5) is 11.8. The van der Waals surface area contributed by atoms with Gasteiger partial charge in [0.1, 0.15) is 6.61 Å². The highest BCUT2D eigenvalue weighted by atomic mass is 16.5. The molecule has 0 aliphatic carbocycles. The molecule has 1 aromatic carbocycles. The molecule has 1 amide bonds. The van der Waals surface area contributed by atoms with E-state index in [0.717, 1.165) is 18.7 Å². The monoisotopic (exact) mass is 290 g/mol. The van der Waals surface area contributed by atoms with Crippen LogP contribution in [0, 0.1) is 11.3 Å². The molecule has 0 aromatic heterocycles. The van der Waals surface area contributed by atoms with E-state index < -0.39 is 0 Å². The maximum atomic E-state index is 11.8. The molecular formula is C17H26N2O2. The van der Waals surface area contributed by atoms with Gasteiger partial charge in [-0.15, -0.1) is 0 Å². The van der Waals surface area contributed by atoms with Gasteiger partial charge < -0.3 is 15.4 Å². The van der Waals surface area contributed by atoms with Crippen molar-refractivity contribution in [2.24, 2.45) is 11.3 Å². The summed E-state index contributed by atoms with van der Waals surface area (Å²) >= 11 is 0. The van der Waals surface area contributed by atoms with Crippen LogP contribution < -0.4 is 10.6 Å². The number of carbonyl (C=O) groups is 1. The van der Waals surface area contributed by atoms with E-state index in [-0.39, 0.29) is 11.5 Å². The summed E-state index contributed by atoms with van der Waals surface area (Å²) in [6.07, 6.45) is 2.02. The Bertz CT molecular complexity index is 439. The molecule has 1 fully saturated rings. The molecule has 0 saturated carbocycles. The SMILES string of the molecule is CC(C)(CNC(=O)OCc1ccccc1)C1CCNCC1. The predicted octanol–water partition coefficient (Wildman–Crippen LogP) is 2.94. The number of hydrogen-bond donors (Lipinski definition) is 2. The first-order valence-electron chi connectivity index (χ1n) is 7.73. The minimum atomic E-state index is -0.333. The van der Waals surface area contributed by atoms with Crippen molar-refractivity contribution in [2.75, 3.05) is 19.6 Å². The average Bonchev–Trinajstić information content (AvgIpc) is 2.53. The predicted molar refractivity (Wildman–Crippen MR) is 84.0 cm³/mol. The van der Waals surface area contributed by atoms with Crippen LogP contribution in [0.5, 0.6) is 0 Å². The van der Waals surface area contributed by atoms with Crippen molar-refractivity contribution in [1.82, 2.24) is 10.6 Å². The normalized spacial score (nSPS) is 16.5. The van der Waals surface area contributed by atoms with Gasteiger partial charge in [-0.3, -0.25) is 0 Å². The molecule has 4 nitrogen and oxygen atoms in total. The van der Waals surface area contributed by atoms with Crippen LogP contribution in [-0.2, 0) is 11.3 Å². The zero-order valence-corrected chi connectivity index (χ0v) is 13.0. The highest BCUT2D eigenvalue weighted by Crippen LogP contribution is 2.32. The Hall–Kier alpha value is -1.55. The maximum absolute atomic E-state index is 11.8. The van der Waals surface area contributed by atoms with Gasteiger partial charge in [0.2, 0.25) is 0 Å². The fourth-order valence-corrected chi connectivity index (χ4v) is 2.82. The Labute approximate surface area is 127 Å². The minimum absolute atomic E-state index is 0.105. The highest BCUT2D eigenvalue weighted by Gasteiger charge is 2.30. The molecule has 0 radical (unpaired) electrons. The van der Waals surface area contributed by atoms with Gasteiger partial charge in [0.05, 0.1) is 0 Å². The molecule has 2 N–H and O–H groups in total. The van der Waals surface area contributed by atoms with E-state index in [1.165, 1.54) is 12.8 Å². The fourth-order valence-electron chi connectivity index (χ4n) is 2.82. The van der Waals surface area contributed by atoms with Gasteiger partial charge in [0, 0.05) is 6.54 Å². The second-order valence-electron chi connectivity index (χ2n) is 6.43. The van der Waals surface area contributed by atoms with Crippen LogP contribution in [-0.4, -0.2) is 25.7 Å². The molecule has 0 unspecified atom stereocenters. The Kier molecular flexibility index (Phi) is 5.62. The zero-order chi connectivity index (χ0) is 15.1. The number of benzene rings is 1. The van der Waals surface area contributed by atoms with E-state index in [4.69, 9.17) is 4.74 Å². The number of piperidine rings is 1. The van der Waals surface area contributed by atoms with Crippen molar-refractivity contribution >= 4 is 6.09 Å². The molecule has 0 spiro atoms. The molecule has 1 aromatic rings. The topological polar surface area (TPSA) is 50.4 Å². The molecular weight excluding hydrogens is 264 g/mol. The molecule has 1 saturated heterocycles. The summed E-state index contributed by atoms with van der Waals surface area (Å²) in [6.45, 7) is 7.58. The van der Waals surface area contributed by atoms with E-state index in [0.29, 0.717) is 19.1 Å². The van der Waals surface area contributed by atoms with E-state index in [2.05, 4.69) is 24.5 Å². The van der Waals surface area contributed by atoms with E-state index in [9.17, 15) is 4.79 Å². The second-order valence-corrected chi connectivity index (χ2v) is 6.43. The summed E-state index contributed by atoms with van der Waals surface area (Å²) in [5.41, 5.74) is 1.11. The molecule has 1 aliphatic heterocycles. The van der Waals surface area contributed by atoms with Gasteiger partial charge in [0.25, 0.3) is 0 Å². The van der Waals surface area contributed by atoms with E-state index in [1.54, 1.807) is 0 Å². The molecule has 1 aliphatic rings. The first-order chi connectivity index (χ1) is 10.1. The molecule has 1 heterocycles. The van der Waals surface area contributed by atoms with Crippen LogP contribution in [0.15, 0.2) is 30.3 Å². The fraction of sp³-hybridized carbons (Fsp3) is 0.588. The van der Waals surface area contributed by atoms with Gasteiger partial charge in [-0.25, -0.2) is 4.79 Å². The molecule has 116 valence electrons. The summed E-state index contributed by atoms with van der Waals surface area (Å²) in [6, 6.07) is 9.73. The van der Waals surface area contributed by atoms with Crippen molar-refractivity contribution in [1.29, 1.82) is 0 Å². The number of rotatable bonds is 5. The van der Waals surface area contributed by atoms with Crippen molar-refractivity contribution in [3.05, 3.63) is 35.9 Å². The Morgan fingerprint density at radius 1 is 1.29 bits per heavy atom. The van der Waals surface area contributed by atoms with Gasteiger partial charge in [-0.2, -0.15) is 0 Å². The van der Waals surface area contributed by atoms with Crippen molar-refractivity contribution in [3.63, 3.8) is 0 Å². The van der Waals surface area contributed by atoms with Crippen LogP contribution in [0.2, 0.25) is 0 Å². The summed E-state index contributed by atoms with van der Waals surface area (Å²) in [5.74, 6) is 0.646. The molecule has 2 rings (SSSR count). The average molecular weight is 290 g/mol. The van der Waals surface area contributed by atoms with Gasteiger partial charge in [-0.1, -0.05) is 44.2 Å². The lowest BCUT2D eigenvalue weighted by Gasteiger charge is -2.37. The lowest BCUT2D eigenvalue weighted by molar-refractivity contribution is 0.121. The third kappa shape index (κ3) is 5.05. The largest absolute Gasteiger partial charge is 0.445 e. The second kappa shape index (κ2) is 7.46. The molecule has 4 heteroatoms. The Balaban J connectivity index is 1.72. The van der Waals surface area contributed by atoms with E-state index in [1.807, 2.05) is 30.3 Å². The maximum Gasteiger partial charge on any atom is 0.407 e. The number of nitrogens with one attached hydrogen (secondary N) is 2. The van der Waals surface area contributed by atoms with E-state index >= 15 is 0 Å². The Morgan fingerprint density at radius 2 is 1.95 bits per heavy atom. The third-order valence-electron chi connectivity index (χ3n) is 4.35. The smallest absolute Gasteiger partial charge is 0.407 e. The van der Waals surface area contributed by atoms with Gasteiger partial charge in [-0.05, 0) is 42.8 Å².